The molecule has 13 heavy (non-hydrogen) atoms. The van der Waals surface area contributed by atoms with E-state index in [4.69, 9.17) is 14.6 Å². The van der Waals surface area contributed by atoms with Gasteiger partial charge in [0.05, 0.1) is 12.7 Å². The van der Waals surface area contributed by atoms with Crippen LogP contribution in [0.4, 0.5) is 0 Å². The Balaban J connectivity index is 2.69. The minimum Gasteiger partial charge on any atom is -0.394 e. The van der Waals surface area contributed by atoms with Gasteiger partial charge in [0.25, 0.3) is 0 Å². The van der Waals surface area contributed by atoms with E-state index in [2.05, 4.69) is 0 Å². The van der Waals surface area contributed by atoms with E-state index < -0.39 is 30.5 Å². The van der Waals surface area contributed by atoms with Crippen LogP contribution in [0.1, 0.15) is 6.92 Å². The van der Waals surface area contributed by atoms with Crippen LogP contribution < -0.4 is 0 Å². The normalized spacial score (nSPS) is 46.4. The zero-order valence-electron chi connectivity index (χ0n) is 7.75. The van der Waals surface area contributed by atoms with Crippen molar-refractivity contribution in [3.05, 3.63) is 0 Å². The van der Waals surface area contributed by atoms with E-state index in [1.54, 1.807) is 6.92 Å². The average molecular weight is 192 g/mol. The Morgan fingerprint density at radius 1 is 1.31 bits per heavy atom. The molecule has 0 bridgehead atoms. The minimum atomic E-state index is -1.01. The molecule has 1 aliphatic heterocycles. The first-order chi connectivity index (χ1) is 6.11. The molecule has 0 saturated carbocycles. The van der Waals surface area contributed by atoms with Crippen molar-refractivity contribution in [1.82, 2.24) is 0 Å². The standard InChI is InChI=1S/C8H16O5/c1-4-6(10)7(11)8(12-2)5(3-9)13-4/h4-11H,3H2,1-2H3/t4-,5?,6?,7+,8?/m0/s1. The second-order valence-electron chi connectivity index (χ2n) is 3.24. The molecule has 3 unspecified atom stereocenters. The maximum atomic E-state index is 9.54. The summed E-state index contributed by atoms with van der Waals surface area (Å²) in [5, 5.41) is 27.9. The Morgan fingerprint density at radius 2 is 1.92 bits per heavy atom. The van der Waals surface area contributed by atoms with E-state index >= 15 is 0 Å². The first kappa shape index (κ1) is 10.9. The second kappa shape index (κ2) is 4.34. The van der Waals surface area contributed by atoms with Crippen molar-refractivity contribution in [3.8, 4) is 0 Å². The lowest BCUT2D eigenvalue weighted by Crippen LogP contribution is -2.58. The highest BCUT2D eigenvalue weighted by Gasteiger charge is 2.42. The zero-order chi connectivity index (χ0) is 10.0. The molecule has 0 aromatic heterocycles. The minimum absolute atomic E-state index is 0.230. The third-order valence-corrected chi connectivity index (χ3v) is 2.38. The molecular formula is C8H16O5. The molecule has 3 N–H and O–H groups in total. The summed E-state index contributed by atoms with van der Waals surface area (Å²) in [6, 6.07) is 0. The summed E-state index contributed by atoms with van der Waals surface area (Å²) in [6.07, 6.45) is -3.70. The van der Waals surface area contributed by atoms with Gasteiger partial charge in [-0.25, -0.2) is 0 Å². The van der Waals surface area contributed by atoms with Gasteiger partial charge in [-0.05, 0) is 6.92 Å². The Bertz CT molecular complexity index is 161. The van der Waals surface area contributed by atoms with E-state index in [1.807, 2.05) is 0 Å². The third-order valence-electron chi connectivity index (χ3n) is 2.38. The van der Waals surface area contributed by atoms with E-state index in [1.165, 1.54) is 7.11 Å². The molecule has 78 valence electrons. The molecule has 5 nitrogen and oxygen atoms in total. The summed E-state index contributed by atoms with van der Waals surface area (Å²) in [6.45, 7) is 1.41. The molecule has 1 heterocycles. The van der Waals surface area contributed by atoms with Gasteiger partial charge in [-0.1, -0.05) is 0 Å². The van der Waals surface area contributed by atoms with Crippen LogP contribution in [-0.2, 0) is 9.47 Å². The highest BCUT2D eigenvalue weighted by atomic mass is 16.6. The molecule has 0 amide bonds. The molecule has 0 aromatic rings. The SMILES string of the molecule is COC1C(CO)O[C@@H](C)C(O)[C@H]1O. The van der Waals surface area contributed by atoms with Crippen LogP contribution in [0, 0.1) is 0 Å². The third kappa shape index (κ3) is 2.00. The van der Waals surface area contributed by atoms with Gasteiger partial charge >= 0.3 is 0 Å². The van der Waals surface area contributed by atoms with Crippen LogP contribution in [0.25, 0.3) is 0 Å². The lowest BCUT2D eigenvalue weighted by Gasteiger charge is -2.40. The van der Waals surface area contributed by atoms with E-state index in [0.29, 0.717) is 0 Å². The fourth-order valence-corrected chi connectivity index (χ4v) is 1.56. The quantitative estimate of drug-likeness (QED) is 0.496. The maximum absolute atomic E-state index is 9.54. The highest BCUT2D eigenvalue weighted by Crippen LogP contribution is 2.22. The molecule has 1 aliphatic rings. The topological polar surface area (TPSA) is 79.2 Å². The molecule has 0 radical (unpaired) electrons. The highest BCUT2D eigenvalue weighted by molar-refractivity contribution is 4.91. The first-order valence-corrected chi connectivity index (χ1v) is 4.27. The van der Waals surface area contributed by atoms with Gasteiger partial charge in [-0.15, -0.1) is 0 Å². The fraction of sp³-hybridized carbons (Fsp3) is 1.00. The largest absolute Gasteiger partial charge is 0.394 e. The molecule has 1 rings (SSSR count). The Morgan fingerprint density at radius 3 is 2.38 bits per heavy atom. The predicted octanol–water partition coefficient (Wildman–Crippen LogP) is -1.50. The van der Waals surface area contributed by atoms with Crippen LogP contribution in [0.15, 0.2) is 0 Å². The van der Waals surface area contributed by atoms with Gasteiger partial charge < -0.3 is 24.8 Å². The van der Waals surface area contributed by atoms with Crippen molar-refractivity contribution < 1.29 is 24.8 Å². The molecule has 0 aromatic carbocycles. The van der Waals surface area contributed by atoms with Gasteiger partial charge in [-0.2, -0.15) is 0 Å². The molecular weight excluding hydrogens is 176 g/mol. The predicted molar refractivity (Wildman–Crippen MR) is 44.2 cm³/mol. The molecule has 0 spiro atoms. The molecule has 5 heteroatoms. The molecule has 1 fully saturated rings. The summed E-state index contributed by atoms with van der Waals surface area (Å²) in [4.78, 5) is 0. The smallest absolute Gasteiger partial charge is 0.114 e. The van der Waals surface area contributed by atoms with Gasteiger partial charge in [0.2, 0.25) is 0 Å². The molecule has 5 atom stereocenters. The van der Waals surface area contributed by atoms with Crippen molar-refractivity contribution in [2.24, 2.45) is 0 Å². The van der Waals surface area contributed by atoms with Gasteiger partial charge in [0, 0.05) is 7.11 Å². The number of hydrogen-bond donors (Lipinski definition) is 3. The van der Waals surface area contributed by atoms with E-state index in [0.717, 1.165) is 0 Å². The number of aliphatic hydroxyl groups excluding tert-OH is 3. The summed E-state index contributed by atoms with van der Waals surface area (Å²) in [5.41, 5.74) is 0. The lowest BCUT2D eigenvalue weighted by atomic mass is 9.96. The van der Waals surface area contributed by atoms with Crippen molar-refractivity contribution >= 4 is 0 Å². The summed E-state index contributed by atoms with van der Waals surface area (Å²) >= 11 is 0. The number of ether oxygens (including phenoxy) is 2. The summed E-state index contributed by atoms with van der Waals surface area (Å²) < 4.78 is 10.2. The van der Waals surface area contributed by atoms with Crippen LogP contribution in [0.2, 0.25) is 0 Å². The number of aliphatic hydroxyl groups is 3. The van der Waals surface area contributed by atoms with E-state index in [-0.39, 0.29) is 6.61 Å². The van der Waals surface area contributed by atoms with Gasteiger partial charge in [0.1, 0.15) is 24.4 Å². The lowest BCUT2D eigenvalue weighted by molar-refractivity contribution is -0.231. The second-order valence-corrected chi connectivity index (χ2v) is 3.24. The average Bonchev–Trinajstić information content (AvgIpc) is 2.13. The Labute approximate surface area is 76.9 Å². The van der Waals surface area contributed by atoms with Gasteiger partial charge in [0.15, 0.2) is 0 Å². The zero-order valence-corrected chi connectivity index (χ0v) is 7.75. The number of rotatable bonds is 2. The monoisotopic (exact) mass is 192 g/mol. The summed E-state index contributed by atoms with van der Waals surface area (Å²) in [5.74, 6) is 0. The van der Waals surface area contributed by atoms with Gasteiger partial charge in [-0.3, -0.25) is 0 Å². The van der Waals surface area contributed by atoms with Crippen molar-refractivity contribution in [3.63, 3.8) is 0 Å². The number of hydrogen-bond acceptors (Lipinski definition) is 5. The first-order valence-electron chi connectivity index (χ1n) is 4.27. The summed E-state index contributed by atoms with van der Waals surface area (Å²) in [7, 11) is 1.41. The van der Waals surface area contributed by atoms with Crippen LogP contribution in [-0.4, -0.2) is 59.6 Å². The van der Waals surface area contributed by atoms with Crippen LogP contribution in [0.5, 0.6) is 0 Å². The fourth-order valence-electron chi connectivity index (χ4n) is 1.56. The Hall–Kier alpha value is -0.200. The molecule has 1 saturated heterocycles. The molecule has 0 aliphatic carbocycles. The van der Waals surface area contributed by atoms with E-state index in [9.17, 15) is 10.2 Å². The van der Waals surface area contributed by atoms with Crippen molar-refractivity contribution in [2.75, 3.05) is 13.7 Å². The maximum Gasteiger partial charge on any atom is 0.114 e. The Kier molecular flexibility index (Phi) is 3.63. The number of methoxy groups -OCH3 is 1. The van der Waals surface area contributed by atoms with Crippen molar-refractivity contribution in [1.29, 1.82) is 0 Å². The van der Waals surface area contributed by atoms with Crippen LogP contribution >= 0.6 is 0 Å². The van der Waals surface area contributed by atoms with Crippen molar-refractivity contribution in [2.45, 2.75) is 37.4 Å². The van der Waals surface area contributed by atoms with Crippen LogP contribution in [0.3, 0.4) is 0 Å².